The van der Waals surface area contributed by atoms with Crippen LogP contribution in [0.5, 0.6) is 0 Å². The lowest BCUT2D eigenvalue weighted by molar-refractivity contribution is -0.130. The van der Waals surface area contributed by atoms with Crippen molar-refractivity contribution in [2.24, 2.45) is 28.6 Å². The number of fused-ring (bicyclic) bond motifs is 5. The number of rotatable bonds is 2. The Morgan fingerprint density at radius 2 is 2.08 bits per heavy atom. The van der Waals surface area contributed by atoms with Gasteiger partial charge < -0.3 is 10.2 Å². The van der Waals surface area contributed by atoms with Crippen molar-refractivity contribution >= 4 is 11.6 Å². The van der Waals surface area contributed by atoms with Gasteiger partial charge in [0.15, 0.2) is 11.6 Å². The lowest BCUT2D eigenvalue weighted by atomic mass is 9.51. The number of carbonyl (C=O) groups excluding carboxylic acids is 2. The summed E-state index contributed by atoms with van der Waals surface area (Å²) in [5.74, 6) is 0.0688. The van der Waals surface area contributed by atoms with Crippen molar-refractivity contribution in [3.8, 4) is 0 Å². The highest BCUT2D eigenvalue weighted by Crippen LogP contribution is 2.63. The molecule has 0 amide bonds. The third kappa shape index (κ3) is 2.20. The monoisotopic (exact) mass is 342 g/mol. The average molecular weight is 342 g/mol. The quantitative estimate of drug-likeness (QED) is 0.756. The van der Waals surface area contributed by atoms with Crippen LogP contribution in [0.1, 0.15) is 39.5 Å². The highest BCUT2D eigenvalue weighted by atomic mass is 16.3. The summed E-state index contributed by atoms with van der Waals surface area (Å²) < 4.78 is 0. The Morgan fingerprint density at radius 3 is 2.80 bits per heavy atom. The van der Waals surface area contributed by atoms with Crippen LogP contribution < -0.4 is 0 Å². The normalized spacial score (nSPS) is 45.2. The van der Waals surface area contributed by atoms with E-state index in [2.05, 4.69) is 19.9 Å². The van der Waals surface area contributed by atoms with Gasteiger partial charge in [-0.2, -0.15) is 0 Å². The highest BCUT2D eigenvalue weighted by molar-refractivity contribution is 6.01. The number of aliphatic hydroxyl groups is 2. The molecule has 0 heterocycles. The molecule has 4 heteroatoms. The van der Waals surface area contributed by atoms with Crippen molar-refractivity contribution < 1.29 is 19.8 Å². The first-order chi connectivity index (χ1) is 11.8. The van der Waals surface area contributed by atoms with Crippen molar-refractivity contribution in [3.05, 3.63) is 35.5 Å². The first-order valence-corrected chi connectivity index (χ1v) is 9.27. The van der Waals surface area contributed by atoms with E-state index >= 15 is 0 Å². The zero-order chi connectivity index (χ0) is 18.0. The number of aliphatic hydroxyl groups excluding tert-OH is 2. The SMILES string of the molecule is C[C@]12C=CC(=O)C=C1C[C@@H](O)[C@@H]1C2=CC[C@]2(C)[C@@H](C(=O)CO)CC[C@@H]12. The zero-order valence-corrected chi connectivity index (χ0v) is 14.9. The molecule has 0 radical (unpaired) electrons. The van der Waals surface area contributed by atoms with Crippen LogP contribution >= 0.6 is 0 Å². The molecule has 0 aromatic heterocycles. The summed E-state index contributed by atoms with van der Waals surface area (Å²) in [6.07, 6.45) is 10.0. The molecule has 134 valence electrons. The number of carbonyl (C=O) groups is 2. The largest absolute Gasteiger partial charge is 0.392 e. The molecule has 25 heavy (non-hydrogen) atoms. The molecule has 2 saturated carbocycles. The number of Topliss-reactive ketones (excluding diaryl/α,β-unsaturated/α-hetero) is 1. The van der Waals surface area contributed by atoms with Crippen molar-refractivity contribution in [1.82, 2.24) is 0 Å². The van der Waals surface area contributed by atoms with E-state index in [4.69, 9.17) is 0 Å². The summed E-state index contributed by atoms with van der Waals surface area (Å²) in [7, 11) is 0. The van der Waals surface area contributed by atoms with Gasteiger partial charge in [0.05, 0.1) is 6.10 Å². The van der Waals surface area contributed by atoms with E-state index in [9.17, 15) is 19.8 Å². The minimum Gasteiger partial charge on any atom is -0.392 e. The van der Waals surface area contributed by atoms with E-state index in [0.29, 0.717) is 6.42 Å². The fraction of sp³-hybridized carbons (Fsp3) is 0.619. The van der Waals surface area contributed by atoms with Crippen LogP contribution in [-0.4, -0.2) is 34.5 Å². The van der Waals surface area contributed by atoms with E-state index in [-0.39, 0.29) is 40.2 Å². The van der Waals surface area contributed by atoms with Crippen molar-refractivity contribution in [3.63, 3.8) is 0 Å². The zero-order valence-electron chi connectivity index (χ0n) is 14.9. The van der Waals surface area contributed by atoms with Gasteiger partial charge in [0.1, 0.15) is 6.61 Å². The van der Waals surface area contributed by atoms with Crippen molar-refractivity contribution in [2.75, 3.05) is 6.61 Å². The highest BCUT2D eigenvalue weighted by Gasteiger charge is 2.58. The van der Waals surface area contributed by atoms with Gasteiger partial charge in [0.2, 0.25) is 0 Å². The van der Waals surface area contributed by atoms with E-state index < -0.39 is 12.7 Å². The topological polar surface area (TPSA) is 74.6 Å². The Labute approximate surface area is 148 Å². The fourth-order valence-corrected chi connectivity index (χ4v) is 6.13. The van der Waals surface area contributed by atoms with Gasteiger partial charge in [-0.3, -0.25) is 9.59 Å². The molecule has 0 unspecified atom stereocenters. The van der Waals surface area contributed by atoms with E-state index in [1.807, 2.05) is 6.08 Å². The van der Waals surface area contributed by atoms with Crippen LogP contribution in [0.2, 0.25) is 0 Å². The third-order valence-corrected chi connectivity index (χ3v) is 7.52. The van der Waals surface area contributed by atoms with Crippen LogP contribution in [-0.2, 0) is 9.59 Å². The predicted molar refractivity (Wildman–Crippen MR) is 93.6 cm³/mol. The van der Waals surface area contributed by atoms with Crippen molar-refractivity contribution in [1.29, 1.82) is 0 Å². The summed E-state index contributed by atoms with van der Waals surface area (Å²) in [5.41, 5.74) is 1.72. The molecule has 4 nitrogen and oxygen atoms in total. The molecule has 2 fully saturated rings. The van der Waals surface area contributed by atoms with Gasteiger partial charge in [-0.25, -0.2) is 0 Å². The first kappa shape index (κ1) is 16.9. The van der Waals surface area contributed by atoms with E-state index in [0.717, 1.165) is 24.8 Å². The van der Waals surface area contributed by atoms with Gasteiger partial charge in [0, 0.05) is 17.3 Å². The van der Waals surface area contributed by atoms with Gasteiger partial charge in [-0.05, 0) is 61.7 Å². The Hall–Kier alpha value is -1.52. The van der Waals surface area contributed by atoms with Crippen LogP contribution in [0, 0.1) is 28.6 Å². The molecular formula is C21H26O4. The van der Waals surface area contributed by atoms with Gasteiger partial charge in [-0.15, -0.1) is 0 Å². The maximum atomic E-state index is 12.3. The van der Waals surface area contributed by atoms with Crippen LogP contribution in [0.15, 0.2) is 35.5 Å². The summed E-state index contributed by atoms with van der Waals surface area (Å²) in [6.45, 7) is 3.89. The smallest absolute Gasteiger partial charge is 0.178 e. The molecule has 0 bridgehead atoms. The molecule has 4 aliphatic carbocycles. The number of hydrogen-bond donors (Lipinski definition) is 2. The maximum absolute atomic E-state index is 12.3. The Bertz CT molecular complexity index is 730. The summed E-state index contributed by atoms with van der Waals surface area (Å²) in [4.78, 5) is 24.0. The van der Waals surface area contributed by atoms with Crippen LogP contribution in [0.3, 0.4) is 0 Å². The standard InChI is InChI=1S/C21H26O4/c1-20-7-5-13(23)9-12(20)10-17(24)19-15-4-3-14(18(25)11-22)21(15,2)8-6-16(19)20/h5-7,9,14-15,17,19,22,24H,3-4,8,10-11H2,1-2H3/t14-,15+,17-,19+,20+,21-/m1/s1. The van der Waals surface area contributed by atoms with Crippen LogP contribution in [0.25, 0.3) is 0 Å². The molecule has 0 spiro atoms. The Kier molecular flexibility index (Phi) is 3.71. The molecule has 0 aromatic carbocycles. The van der Waals surface area contributed by atoms with Gasteiger partial charge in [0.25, 0.3) is 0 Å². The minimum atomic E-state index is -0.516. The average Bonchev–Trinajstić information content (AvgIpc) is 2.93. The fourth-order valence-electron chi connectivity index (χ4n) is 6.13. The molecule has 0 saturated heterocycles. The molecular weight excluding hydrogens is 316 g/mol. The lowest BCUT2D eigenvalue weighted by Gasteiger charge is -2.53. The minimum absolute atomic E-state index is 0.00570. The van der Waals surface area contributed by atoms with E-state index in [1.165, 1.54) is 5.57 Å². The summed E-state index contributed by atoms with van der Waals surface area (Å²) >= 11 is 0. The second-order valence-corrected chi connectivity index (χ2v) is 8.64. The second-order valence-electron chi connectivity index (χ2n) is 8.64. The molecule has 4 aliphatic rings. The summed E-state index contributed by atoms with van der Waals surface area (Å²) in [6, 6.07) is 0. The van der Waals surface area contributed by atoms with Gasteiger partial charge in [-0.1, -0.05) is 24.6 Å². The van der Waals surface area contributed by atoms with Gasteiger partial charge >= 0.3 is 0 Å². The maximum Gasteiger partial charge on any atom is 0.178 e. The molecule has 0 aromatic rings. The lowest BCUT2D eigenvalue weighted by Crippen LogP contribution is -2.50. The Balaban J connectivity index is 1.78. The number of allylic oxidation sites excluding steroid dienone is 4. The predicted octanol–water partition coefficient (Wildman–Crippen LogP) is 2.36. The number of ketones is 2. The second kappa shape index (κ2) is 5.49. The Morgan fingerprint density at radius 1 is 1.32 bits per heavy atom. The first-order valence-electron chi connectivity index (χ1n) is 9.27. The molecule has 2 N–H and O–H groups in total. The van der Waals surface area contributed by atoms with Crippen molar-refractivity contribution in [2.45, 2.75) is 45.6 Å². The van der Waals surface area contributed by atoms with E-state index in [1.54, 1.807) is 12.2 Å². The third-order valence-electron chi connectivity index (χ3n) is 7.52. The van der Waals surface area contributed by atoms with Crippen LogP contribution in [0.4, 0.5) is 0 Å². The molecule has 0 aliphatic heterocycles. The summed E-state index contributed by atoms with van der Waals surface area (Å²) in [5, 5.41) is 20.3. The molecule has 4 rings (SSSR count). The number of hydrogen-bond acceptors (Lipinski definition) is 4. The molecule has 6 atom stereocenters.